The molecule has 1 N–H and O–H groups in total. The zero-order valence-electron chi connectivity index (χ0n) is 11.7. The zero-order valence-corrected chi connectivity index (χ0v) is 11.7. The first-order chi connectivity index (χ1) is 8.97. The smallest absolute Gasteiger partial charge is 0.292 e. The molecular weight excluding hydrogens is 242 g/mol. The van der Waals surface area contributed by atoms with Crippen LogP contribution in [0.1, 0.15) is 25.8 Å². The van der Waals surface area contributed by atoms with Gasteiger partial charge in [-0.3, -0.25) is 15.0 Å². The summed E-state index contributed by atoms with van der Waals surface area (Å²) < 4.78 is 0. The van der Waals surface area contributed by atoms with Crippen molar-refractivity contribution in [1.29, 1.82) is 0 Å². The number of likely N-dealkylation sites (tertiary alicyclic amines) is 1. The van der Waals surface area contributed by atoms with E-state index in [9.17, 15) is 10.1 Å². The molecule has 1 fully saturated rings. The monoisotopic (exact) mass is 263 g/mol. The van der Waals surface area contributed by atoms with Crippen molar-refractivity contribution in [3.8, 4) is 0 Å². The predicted molar refractivity (Wildman–Crippen MR) is 76.6 cm³/mol. The Bertz CT molecular complexity index is 474. The van der Waals surface area contributed by atoms with Crippen LogP contribution in [0.2, 0.25) is 0 Å². The lowest BCUT2D eigenvalue weighted by Gasteiger charge is -2.20. The SMILES string of the molecule is Cc1ccc([N+](=O)[O-])c(NC2CCN(C(C)C)C2)c1. The lowest BCUT2D eigenvalue weighted by Crippen LogP contribution is -2.31. The normalized spacial score (nSPS) is 19.9. The van der Waals surface area contributed by atoms with E-state index in [2.05, 4.69) is 24.1 Å². The minimum absolute atomic E-state index is 0.161. The Hall–Kier alpha value is -1.62. The fourth-order valence-corrected chi connectivity index (χ4v) is 2.52. The van der Waals surface area contributed by atoms with Crippen LogP contribution >= 0.6 is 0 Å². The van der Waals surface area contributed by atoms with Crippen molar-refractivity contribution in [2.75, 3.05) is 18.4 Å². The van der Waals surface area contributed by atoms with E-state index in [1.807, 2.05) is 13.0 Å². The Balaban J connectivity index is 2.11. The van der Waals surface area contributed by atoms with Crippen molar-refractivity contribution in [2.45, 2.75) is 39.3 Å². The van der Waals surface area contributed by atoms with E-state index >= 15 is 0 Å². The summed E-state index contributed by atoms with van der Waals surface area (Å²) >= 11 is 0. The van der Waals surface area contributed by atoms with Crippen LogP contribution in [0.4, 0.5) is 11.4 Å². The molecule has 0 saturated carbocycles. The summed E-state index contributed by atoms with van der Waals surface area (Å²) in [5.74, 6) is 0. The summed E-state index contributed by atoms with van der Waals surface area (Å²) in [5.41, 5.74) is 1.83. The Labute approximate surface area is 113 Å². The molecule has 0 amide bonds. The third-order valence-electron chi connectivity index (χ3n) is 3.66. The van der Waals surface area contributed by atoms with E-state index < -0.39 is 0 Å². The fraction of sp³-hybridized carbons (Fsp3) is 0.571. The van der Waals surface area contributed by atoms with Gasteiger partial charge in [-0.15, -0.1) is 0 Å². The number of rotatable bonds is 4. The maximum absolute atomic E-state index is 11.0. The second kappa shape index (κ2) is 5.57. The van der Waals surface area contributed by atoms with Crippen LogP contribution in [0, 0.1) is 17.0 Å². The summed E-state index contributed by atoms with van der Waals surface area (Å²) in [5, 5.41) is 14.4. The lowest BCUT2D eigenvalue weighted by molar-refractivity contribution is -0.384. The Kier molecular flexibility index (Phi) is 4.04. The predicted octanol–water partition coefficient (Wildman–Crippen LogP) is 2.80. The van der Waals surface area contributed by atoms with Crippen molar-refractivity contribution in [2.24, 2.45) is 0 Å². The average molecular weight is 263 g/mol. The van der Waals surface area contributed by atoms with Crippen molar-refractivity contribution >= 4 is 11.4 Å². The highest BCUT2D eigenvalue weighted by molar-refractivity contribution is 5.63. The number of nitrogens with one attached hydrogen (secondary N) is 1. The summed E-state index contributed by atoms with van der Waals surface area (Å²) in [6.45, 7) is 8.30. The number of aryl methyl sites for hydroxylation is 1. The Morgan fingerprint density at radius 1 is 1.47 bits per heavy atom. The number of hydrogen-bond donors (Lipinski definition) is 1. The van der Waals surface area contributed by atoms with Crippen LogP contribution in [0.25, 0.3) is 0 Å². The maximum Gasteiger partial charge on any atom is 0.292 e. The minimum Gasteiger partial charge on any atom is -0.375 e. The van der Waals surface area contributed by atoms with Gasteiger partial charge in [0, 0.05) is 31.2 Å². The van der Waals surface area contributed by atoms with Crippen molar-refractivity contribution in [3.05, 3.63) is 33.9 Å². The molecule has 5 nitrogen and oxygen atoms in total. The highest BCUT2D eigenvalue weighted by atomic mass is 16.6. The summed E-state index contributed by atoms with van der Waals surface area (Å²) in [7, 11) is 0. The highest BCUT2D eigenvalue weighted by Gasteiger charge is 2.25. The minimum atomic E-state index is -0.322. The first kappa shape index (κ1) is 13.8. The van der Waals surface area contributed by atoms with Crippen molar-refractivity contribution < 1.29 is 4.92 Å². The van der Waals surface area contributed by atoms with Gasteiger partial charge in [-0.25, -0.2) is 0 Å². The molecule has 1 saturated heterocycles. The largest absolute Gasteiger partial charge is 0.375 e. The molecule has 0 aromatic heterocycles. The third-order valence-corrected chi connectivity index (χ3v) is 3.66. The molecule has 2 rings (SSSR count). The van der Waals surface area contributed by atoms with E-state index in [-0.39, 0.29) is 10.6 Å². The van der Waals surface area contributed by atoms with E-state index in [0.717, 1.165) is 25.1 Å². The lowest BCUT2D eigenvalue weighted by atomic mass is 10.1. The molecule has 0 bridgehead atoms. The van der Waals surface area contributed by atoms with E-state index in [1.165, 1.54) is 0 Å². The Morgan fingerprint density at radius 3 is 2.79 bits per heavy atom. The molecule has 19 heavy (non-hydrogen) atoms. The van der Waals surface area contributed by atoms with Gasteiger partial charge in [-0.1, -0.05) is 6.07 Å². The molecule has 1 aromatic carbocycles. The van der Waals surface area contributed by atoms with Crippen LogP contribution in [0.3, 0.4) is 0 Å². The maximum atomic E-state index is 11.0. The number of nitro groups is 1. The first-order valence-electron chi connectivity index (χ1n) is 6.73. The van der Waals surface area contributed by atoms with Gasteiger partial charge in [0.15, 0.2) is 0 Å². The molecule has 1 atom stereocenters. The summed E-state index contributed by atoms with van der Waals surface area (Å²) in [4.78, 5) is 13.1. The van der Waals surface area contributed by atoms with Crippen LogP contribution in [-0.2, 0) is 0 Å². The van der Waals surface area contributed by atoms with Gasteiger partial charge in [0.25, 0.3) is 5.69 Å². The standard InChI is InChI=1S/C14H21N3O2/c1-10(2)16-7-6-12(9-16)15-13-8-11(3)4-5-14(13)17(18)19/h4-5,8,10,12,15H,6-7,9H2,1-3H3. The molecular formula is C14H21N3O2. The molecule has 1 aliphatic rings. The first-order valence-corrected chi connectivity index (χ1v) is 6.73. The molecule has 0 spiro atoms. The second-order valence-corrected chi connectivity index (χ2v) is 5.50. The van der Waals surface area contributed by atoms with Crippen LogP contribution in [-0.4, -0.2) is 35.0 Å². The Morgan fingerprint density at radius 2 is 2.21 bits per heavy atom. The van der Waals surface area contributed by atoms with Crippen molar-refractivity contribution in [1.82, 2.24) is 4.90 Å². The third kappa shape index (κ3) is 3.23. The van der Waals surface area contributed by atoms with Gasteiger partial charge in [-0.2, -0.15) is 0 Å². The molecule has 1 heterocycles. The van der Waals surface area contributed by atoms with Gasteiger partial charge < -0.3 is 5.32 Å². The number of nitrogens with zero attached hydrogens (tertiary/aromatic N) is 2. The van der Waals surface area contributed by atoms with Crippen molar-refractivity contribution in [3.63, 3.8) is 0 Å². The summed E-state index contributed by atoms with van der Waals surface area (Å²) in [6, 6.07) is 6.03. The molecule has 0 aliphatic carbocycles. The van der Waals surface area contributed by atoms with Gasteiger partial charge in [-0.05, 0) is 38.8 Å². The van der Waals surface area contributed by atoms with Gasteiger partial charge in [0.2, 0.25) is 0 Å². The number of anilines is 1. The van der Waals surface area contributed by atoms with Crippen LogP contribution < -0.4 is 5.32 Å². The quantitative estimate of drug-likeness (QED) is 0.670. The second-order valence-electron chi connectivity index (χ2n) is 5.50. The molecule has 1 aromatic rings. The fourth-order valence-electron chi connectivity index (χ4n) is 2.52. The number of nitro benzene ring substituents is 1. The molecule has 1 unspecified atom stereocenters. The topological polar surface area (TPSA) is 58.4 Å². The molecule has 1 aliphatic heterocycles. The van der Waals surface area contributed by atoms with Gasteiger partial charge in [0.1, 0.15) is 5.69 Å². The van der Waals surface area contributed by atoms with E-state index in [0.29, 0.717) is 17.8 Å². The van der Waals surface area contributed by atoms with Crippen LogP contribution in [0.15, 0.2) is 18.2 Å². The highest BCUT2D eigenvalue weighted by Crippen LogP contribution is 2.27. The average Bonchev–Trinajstić information content (AvgIpc) is 2.77. The van der Waals surface area contributed by atoms with Gasteiger partial charge >= 0.3 is 0 Å². The molecule has 5 heteroatoms. The number of hydrogen-bond acceptors (Lipinski definition) is 4. The van der Waals surface area contributed by atoms with Crippen LogP contribution in [0.5, 0.6) is 0 Å². The van der Waals surface area contributed by atoms with E-state index in [1.54, 1.807) is 12.1 Å². The summed E-state index contributed by atoms with van der Waals surface area (Å²) in [6.07, 6.45) is 1.03. The van der Waals surface area contributed by atoms with Gasteiger partial charge in [0.05, 0.1) is 4.92 Å². The number of benzene rings is 1. The van der Waals surface area contributed by atoms with E-state index in [4.69, 9.17) is 0 Å². The molecule has 0 radical (unpaired) electrons. The molecule has 104 valence electrons. The zero-order chi connectivity index (χ0) is 14.0.